The van der Waals surface area contributed by atoms with Crippen molar-refractivity contribution < 1.29 is 33.4 Å². The number of hydrogen-bond acceptors (Lipinski definition) is 10. The standard InChI is InChI=1S/C47H76N8O7/c1-14-31(6)42(54(11)47(60)40(29(2)3)52-46(59)41(30(4)5)53(9)10)38(61-12)27-39(56)55-25-17-19-37(55)43(62-13)32(7)44(57)51-36(26-35-18-15-16-24-49-35)45(58)50-28-33-20-22-34(48-8)23-21-33/h15-16,18,20-24,29-32,36-38,40-43,48H,14,17,19,25-28H2,1-13H3,(H,50,58)(H,51,57)(H,52,59)/t31-,32+,36?,37-,38+,40-,41-,42-,43+/m0/s1. The second-order valence-electron chi connectivity index (χ2n) is 17.7. The quantitative estimate of drug-likeness (QED) is 0.120. The number of amides is 5. The SMILES string of the molecule is CC[C@H](C)[C@@H]([C@@H](CC(=O)N1CCC[C@H]1[C@H](OC)[C@@H](C)C(=O)NC(Cc1ccccn1)C(=O)NCc1ccc(NC)cc1)OC)N(C)C(=O)[C@@H](NC(=O)[C@H](C(C)C)N(C)C)C(C)C. The predicted octanol–water partition coefficient (Wildman–Crippen LogP) is 4.11. The van der Waals surface area contributed by atoms with Gasteiger partial charge in [-0.1, -0.05) is 73.1 Å². The molecule has 0 saturated carbocycles. The summed E-state index contributed by atoms with van der Waals surface area (Å²) in [6.45, 7) is 14.4. The molecule has 4 N–H and O–H groups in total. The Morgan fingerprint density at radius 2 is 1.55 bits per heavy atom. The van der Waals surface area contributed by atoms with E-state index in [1.54, 1.807) is 43.1 Å². The van der Waals surface area contributed by atoms with E-state index in [1.807, 2.05) is 104 Å². The molecular formula is C47H76N8O7. The monoisotopic (exact) mass is 865 g/mol. The van der Waals surface area contributed by atoms with Gasteiger partial charge in [-0.3, -0.25) is 33.9 Å². The molecule has 0 bridgehead atoms. The Balaban J connectivity index is 1.79. The number of hydrogen-bond donors (Lipinski definition) is 4. The summed E-state index contributed by atoms with van der Waals surface area (Å²) in [4.78, 5) is 79.7. The van der Waals surface area contributed by atoms with Crippen LogP contribution >= 0.6 is 0 Å². The normalized spacial score (nSPS) is 18.0. The molecule has 15 heteroatoms. The average molecular weight is 865 g/mol. The summed E-state index contributed by atoms with van der Waals surface area (Å²) in [5.41, 5.74) is 2.52. The second kappa shape index (κ2) is 24.9. The van der Waals surface area contributed by atoms with Crippen LogP contribution in [0.1, 0.15) is 85.4 Å². The molecule has 1 aliphatic heterocycles. The highest BCUT2D eigenvalue weighted by molar-refractivity contribution is 5.90. The van der Waals surface area contributed by atoms with Gasteiger partial charge in [0.05, 0.1) is 42.7 Å². The number of anilines is 1. The van der Waals surface area contributed by atoms with E-state index in [-0.39, 0.29) is 66.7 Å². The minimum absolute atomic E-state index is 0.00456. The van der Waals surface area contributed by atoms with Crippen molar-refractivity contribution >= 4 is 35.2 Å². The van der Waals surface area contributed by atoms with E-state index in [4.69, 9.17) is 9.47 Å². The van der Waals surface area contributed by atoms with Gasteiger partial charge in [0.15, 0.2) is 0 Å². The van der Waals surface area contributed by atoms with E-state index in [0.29, 0.717) is 18.7 Å². The first-order chi connectivity index (χ1) is 29.4. The van der Waals surface area contributed by atoms with Gasteiger partial charge in [-0.2, -0.15) is 0 Å². The molecule has 5 amide bonds. The van der Waals surface area contributed by atoms with E-state index in [1.165, 1.54) is 7.11 Å². The predicted molar refractivity (Wildman–Crippen MR) is 243 cm³/mol. The van der Waals surface area contributed by atoms with Crippen LogP contribution in [0.4, 0.5) is 5.69 Å². The van der Waals surface area contributed by atoms with Crippen molar-refractivity contribution in [3.05, 3.63) is 59.9 Å². The summed E-state index contributed by atoms with van der Waals surface area (Å²) >= 11 is 0. The summed E-state index contributed by atoms with van der Waals surface area (Å²) in [6, 6.07) is 10.2. The van der Waals surface area contributed by atoms with Crippen LogP contribution in [0.3, 0.4) is 0 Å². The Kier molecular flexibility index (Phi) is 20.8. The fourth-order valence-corrected chi connectivity index (χ4v) is 8.75. The van der Waals surface area contributed by atoms with Crippen LogP contribution in [-0.2, 0) is 46.4 Å². The van der Waals surface area contributed by atoms with E-state index in [2.05, 4.69) is 26.3 Å². The number of aromatic nitrogens is 1. The number of likely N-dealkylation sites (N-methyl/N-ethyl adjacent to an activating group) is 2. The number of pyridine rings is 1. The fourth-order valence-electron chi connectivity index (χ4n) is 8.75. The van der Waals surface area contributed by atoms with Gasteiger partial charge >= 0.3 is 0 Å². The number of likely N-dealkylation sites (tertiary alicyclic amines) is 1. The molecule has 0 radical (unpaired) electrons. The van der Waals surface area contributed by atoms with Gasteiger partial charge in [-0.05, 0) is 74.5 Å². The van der Waals surface area contributed by atoms with Crippen molar-refractivity contribution in [2.45, 2.75) is 130 Å². The zero-order valence-electron chi connectivity index (χ0n) is 39.6. The average Bonchev–Trinajstić information content (AvgIpc) is 3.73. The van der Waals surface area contributed by atoms with Crippen molar-refractivity contribution in [1.82, 2.24) is 35.6 Å². The molecule has 2 heterocycles. The van der Waals surface area contributed by atoms with Gasteiger partial charge in [0.2, 0.25) is 29.5 Å². The van der Waals surface area contributed by atoms with Crippen molar-refractivity contribution in [1.29, 1.82) is 0 Å². The van der Waals surface area contributed by atoms with Crippen LogP contribution < -0.4 is 21.3 Å². The van der Waals surface area contributed by atoms with E-state index >= 15 is 0 Å². The highest BCUT2D eigenvalue weighted by atomic mass is 16.5. The summed E-state index contributed by atoms with van der Waals surface area (Å²) in [6.07, 6.45) is 2.56. The molecule has 9 atom stereocenters. The number of benzene rings is 1. The first kappa shape index (κ1) is 51.7. The molecule has 1 aliphatic rings. The summed E-state index contributed by atoms with van der Waals surface area (Å²) in [5.74, 6) is -2.29. The van der Waals surface area contributed by atoms with E-state index < -0.39 is 48.3 Å². The lowest BCUT2D eigenvalue weighted by atomic mass is 9.89. The van der Waals surface area contributed by atoms with Gasteiger partial charge in [0.25, 0.3) is 0 Å². The molecule has 1 aromatic heterocycles. The van der Waals surface area contributed by atoms with Crippen molar-refractivity contribution in [2.24, 2.45) is 23.7 Å². The fraction of sp³-hybridized carbons (Fsp3) is 0.660. The molecular weight excluding hydrogens is 789 g/mol. The zero-order chi connectivity index (χ0) is 46.3. The third kappa shape index (κ3) is 14.0. The molecule has 346 valence electrons. The lowest BCUT2D eigenvalue weighted by molar-refractivity contribution is -0.148. The highest BCUT2D eigenvalue weighted by Crippen LogP contribution is 2.30. The highest BCUT2D eigenvalue weighted by Gasteiger charge is 2.43. The van der Waals surface area contributed by atoms with Gasteiger partial charge < -0.3 is 40.5 Å². The van der Waals surface area contributed by atoms with Crippen molar-refractivity contribution in [2.75, 3.05) is 54.3 Å². The molecule has 3 rings (SSSR count). The molecule has 1 aromatic carbocycles. The molecule has 15 nitrogen and oxygen atoms in total. The van der Waals surface area contributed by atoms with Gasteiger partial charge in [-0.15, -0.1) is 0 Å². The Hall–Kier alpha value is -4.60. The maximum Gasteiger partial charge on any atom is 0.245 e. The summed E-state index contributed by atoms with van der Waals surface area (Å²) in [7, 11) is 10.4. The molecule has 2 aromatic rings. The van der Waals surface area contributed by atoms with Gasteiger partial charge in [0.1, 0.15) is 12.1 Å². The molecule has 1 fully saturated rings. The first-order valence-corrected chi connectivity index (χ1v) is 22.2. The van der Waals surface area contributed by atoms with Crippen LogP contribution in [0.2, 0.25) is 0 Å². The number of nitrogens with one attached hydrogen (secondary N) is 4. The van der Waals surface area contributed by atoms with Crippen LogP contribution in [0, 0.1) is 23.7 Å². The smallest absolute Gasteiger partial charge is 0.245 e. The molecule has 0 spiro atoms. The van der Waals surface area contributed by atoms with E-state index in [9.17, 15) is 24.0 Å². The number of nitrogens with zero attached hydrogens (tertiary/aromatic N) is 4. The largest absolute Gasteiger partial charge is 0.388 e. The summed E-state index contributed by atoms with van der Waals surface area (Å²) < 4.78 is 12.1. The minimum atomic E-state index is -0.914. The van der Waals surface area contributed by atoms with E-state index in [0.717, 1.165) is 24.1 Å². The number of carbonyl (C=O) groups is 5. The number of methoxy groups -OCH3 is 2. The van der Waals surface area contributed by atoms with Crippen molar-refractivity contribution in [3.63, 3.8) is 0 Å². The number of carbonyl (C=O) groups excluding carboxylic acids is 5. The first-order valence-electron chi connectivity index (χ1n) is 22.2. The topological polar surface area (TPSA) is 175 Å². The minimum Gasteiger partial charge on any atom is -0.388 e. The Bertz CT molecular complexity index is 1720. The number of ether oxygens (including phenoxy) is 2. The molecule has 1 unspecified atom stereocenters. The Labute approximate surface area is 370 Å². The summed E-state index contributed by atoms with van der Waals surface area (Å²) in [5, 5.41) is 12.1. The van der Waals surface area contributed by atoms with Gasteiger partial charge in [-0.25, -0.2) is 0 Å². The Morgan fingerprint density at radius 3 is 2.08 bits per heavy atom. The second-order valence-corrected chi connectivity index (χ2v) is 17.7. The number of rotatable bonds is 24. The lowest BCUT2D eigenvalue weighted by Crippen LogP contribution is -2.59. The third-order valence-electron chi connectivity index (χ3n) is 12.4. The maximum atomic E-state index is 14.4. The molecule has 1 saturated heterocycles. The van der Waals surface area contributed by atoms with Crippen LogP contribution in [0.25, 0.3) is 0 Å². The Morgan fingerprint density at radius 1 is 0.871 bits per heavy atom. The van der Waals surface area contributed by atoms with Crippen LogP contribution in [0.15, 0.2) is 48.7 Å². The zero-order valence-corrected chi connectivity index (χ0v) is 39.6. The molecule has 0 aliphatic carbocycles. The van der Waals surface area contributed by atoms with Crippen LogP contribution in [0.5, 0.6) is 0 Å². The lowest BCUT2D eigenvalue weighted by Gasteiger charge is -2.41. The van der Waals surface area contributed by atoms with Crippen LogP contribution in [-0.4, -0.2) is 141 Å². The van der Waals surface area contributed by atoms with Crippen molar-refractivity contribution in [3.8, 4) is 0 Å². The third-order valence-corrected chi connectivity index (χ3v) is 12.4. The molecule has 62 heavy (non-hydrogen) atoms. The van der Waals surface area contributed by atoms with Gasteiger partial charge in [0, 0.05) is 65.4 Å². The maximum absolute atomic E-state index is 14.4.